The van der Waals surface area contributed by atoms with Crippen molar-refractivity contribution in [2.45, 2.75) is 41.0 Å². The van der Waals surface area contributed by atoms with Crippen molar-refractivity contribution in [3.63, 3.8) is 0 Å². The van der Waals surface area contributed by atoms with Gasteiger partial charge in [-0.05, 0) is 38.5 Å². The van der Waals surface area contributed by atoms with E-state index < -0.39 is 0 Å². The van der Waals surface area contributed by atoms with Crippen LogP contribution in [0.15, 0.2) is 36.2 Å². The van der Waals surface area contributed by atoms with Crippen LogP contribution in [-0.2, 0) is 0 Å². The molecule has 0 amide bonds. The van der Waals surface area contributed by atoms with Gasteiger partial charge in [-0.1, -0.05) is 39.0 Å². The van der Waals surface area contributed by atoms with E-state index in [1.807, 2.05) is 6.20 Å². The maximum atomic E-state index is 3.88. The fourth-order valence-electron chi connectivity index (χ4n) is 1.44. The molecule has 86 valence electrons. The molecular formula is C14H25N. The lowest BCUT2D eigenvalue weighted by Gasteiger charge is -2.24. The monoisotopic (exact) mass is 207 g/mol. The third-order valence-electron chi connectivity index (χ3n) is 2.36. The van der Waals surface area contributed by atoms with Gasteiger partial charge in [-0.15, -0.1) is 0 Å². The Labute approximate surface area is 95.2 Å². The molecule has 0 bridgehead atoms. The van der Waals surface area contributed by atoms with E-state index in [-0.39, 0.29) is 0 Å². The van der Waals surface area contributed by atoms with Gasteiger partial charge < -0.3 is 4.90 Å². The molecule has 0 spiro atoms. The molecule has 0 radical (unpaired) electrons. The van der Waals surface area contributed by atoms with Gasteiger partial charge in [0.15, 0.2) is 0 Å². The Balaban J connectivity index is 4.75. The zero-order chi connectivity index (χ0) is 11.8. The van der Waals surface area contributed by atoms with E-state index in [0.717, 1.165) is 13.0 Å². The van der Waals surface area contributed by atoms with Crippen LogP contribution in [0.2, 0.25) is 0 Å². The van der Waals surface area contributed by atoms with Crippen LogP contribution in [0.3, 0.4) is 0 Å². The van der Waals surface area contributed by atoms with Gasteiger partial charge in [-0.2, -0.15) is 0 Å². The molecule has 0 aromatic carbocycles. The quantitative estimate of drug-likeness (QED) is 0.585. The molecule has 0 aromatic rings. The summed E-state index contributed by atoms with van der Waals surface area (Å²) in [6, 6.07) is 0. The molecule has 0 aliphatic carbocycles. The van der Waals surface area contributed by atoms with Crippen LogP contribution in [0, 0.1) is 5.92 Å². The number of rotatable bonds is 6. The van der Waals surface area contributed by atoms with E-state index in [4.69, 9.17) is 0 Å². The van der Waals surface area contributed by atoms with E-state index in [0.29, 0.717) is 5.92 Å². The SMILES string of the molecule is C=CN(CC(C)C)/C(=C/C(C)=C\C)CC. The maximum Gasteiger partial charge on any atom is 0.0245 e. The van der Waals surface area contributed by atoms with Crippen LogP contribution in [0.1, 0.15) is 41.0 Å². The molecule has 1 nitrogen and oxygen atoms in total. The summed E-state index contributed by atoms with van der Waals surface area (Å²) in [6.07, 6.45) is 7.35. The van der Waals surface area contributed by atoms with Crippen LogP contribution in [0.5, 0.6) is 0 Å². The summed E-state index contributed by atoms with van der Waals surface area (Å²) in [6.45, 7) is 15.8. The second-order valence-corrected chi connectivity index (χ2v) is 4.25. The Morgan fingerprint density at radius 1 is 1.40 bits per heavy atom. The first-order valence-electron chi connectivity index (χ1n) is 5.77. The average Bonchev–Trinajstić information content (AvgIpc) is 2.22. The predicted molar refractivity (Wildman–Crippen MR) is 69.5 cm³/mol. The highest BCUT2D eigenvalue weighted by molar-refractivity contribution is 5.21. The summed E-state index contributed by atoms with van der Waals surface area (Å²) in [4.78, 5) is 2.25. The van der Waals surface area contributed by atoms with Crippen molar-refractivity contribution in [2.75, 3.05) is 6.54 Å². The minimum Gasteiger partial charge on any atom is -0.352 e. The molecule has 0 aliphatic rings. The van der Waals surface area contributed by atoms with Gasteiger partial charge in [0.1, 0.15) is 0 Å². The van der Waals surface area contributed by atoms with Crippen LogP contribution < -0.4 is 0 Å². The molecule has 0 atom stereocenters. The molecule has 0 heterocycles. The Morgan fingerprint density at radius 3 is 2.33 bits per heavy atom. The normalized spacial score (nSPS) is 13.2. The van der Waals surface area contributed by atoms with Gasteiger partial charge in [0, 0.05) is 12.2 Å². The van der Waals surface area contributed by atoms with E-state index in [1.165, 1.54) is 11.3 Å². The van der Waals surface area contributed by atoms with Gasteiger partial charge in [0.25, 0.3) is 0 Å². The summed E-state index contributed by atoms with van der Waals surface area (Å²) in [7, 11) is 0. The van der Waals surface area contributed by atoms with Gasteiger partial charge in [-0.25, -0.2) is 0 Å². The van der Waals surface area contributed by atoms with E-state index in [9.17, 15) is 0 Å². The molecular weight excluding hydrogens is 182 g/mol. The molecule has 0 fully saturated rings. The molecule has 1 heteroatoms. The zero-order valence-corrected chi connectivity index (χ0v) is 10.9. The predicted octanol–water partition coefficient (Wildman–Crippen LogP) is 4.35. The average molecular weight is 207 g/mol. The summed E-state index contributed by atoms with van der Waals surface area (Å²) in [5.41, 5.74) is 2.65. The zero-order valence-electron chi connectivity index (χ0n) is 10.9. The van der Waals surface area contributed by atoms with Crippen molar-refractivity contribution in [3.8, 4) is 0 Å². The fraction of sp³-hybridized carbons (Fsp3) is 0.571. The molecule has 0 saturated heterocycles. The Kier molecular flexibility index (Phi) is 6.85. The highest BCUT2D eigenvalue weighted by atomic mass is 15.1. The number of nitrogens with zero attached hydrogens (tertiary/aromatic N) is 1. The highest BCUT2D eigenvalue weighted by Crippen LogP contribution is 2.14. The standard InChI is InChI=1S/C14H25N/c1-7-13(6)10-14(8-2)15(9-3)11-12(4)5/h7,9-10,12H,3,8,11H2,1-2,4-6H3/b13-7-,14-10+. The first kappa shape index (κ1) is 14.0. The summed E-state index contributed by atoms with van der Waals surface area (Å²) < 4.78 is 0. The third-order valence-corrected chi connectivity index (χ3v) is 2.36. The molecule has 0 aliphatic heterocycles. The van der Waals surface area contributed by atoms with Gasteiger partial charge >= 0.3 is 0 Å². The number of hydrogen-bond donors (Lipinski definition) is 0. The van der Waals surface area contributed by atoms with E-state index in [1.54, 1.807) is 0 Å². The summed E-state index contributed by atoms with van der Waals surface area (Å²) in [5, 5.41) is 0. The van der Waals surface area contributed by atoms with Crippen molar-refractivity contribution in [2.24, 2.45) is 5.92 Å². The smallest absolute Gasteiger partial charge is 0.0245 e. The topological polar surface area (TPSA) is 3.24 Å². The molecule has 0 saturated carbocycles. The second kappa shape index (κ2) is 7.33. The summed E-state index contributed by atoms with van der Waals surface area (Å²) >= 11 is 0. The maximum absolute atomic E-state index is 3.88. The lowest BCUT2D eigenvalue weighted by molar-refractivity contribution is 0.388. The van der Waals surface area contributed by atoms with Crippen LogP contribution >= 0.6 is 0 Å². The van der Waals surface area contributed by atoms with Crippen LogP contribution in [0.4, 0.5) is 0 Å². The van der Waals surface area contributed by atoms with Gasteiger partial charge in [0.2, 0.25) is 0 Å². The molecule has 0 N–H and O–H groups in total. The molecule has 15 heavy (non-hydrogen) atoms. The van der Waals surface area contributed by atoms with Crippen LogP contribution in [-0.4, -0.2) is 11.4 Å². The van der Waals surface area contributed by atoms with Crippen LogP contribution in [0.25, 0.3) is 0 Å². The van der Waals surface area contributed by atoms with Gasteiger partial charge in [0.05, 0.1) is 0 Å². The Morgan fingerprint density at radius 2 is 2.00 bits per heavy atom. The fourth-order valence-corrected chi connectivity index (χ4v) is 1.44. The number of hydrogen-bond acceptors (Lipinski definition) is 1. The van der Waals surface area contributed by atoms with Crippen molar-refractivity contribution in [1.29, 1.82) is 0 Å². The lowest BCUT2D eigenvalue weighted by Crippen LogP contribution is -2.21. The Bertz CT molecular complexity index is 246. The van der Waals surface area contributed by atoms with Crippen molar-refractivity contribution >= 4 is 0 Å². The first-order chi connectivity index (χ1) is 7.04. The largest absolute Gasteiger partial charge is 0.352 e. The lowest BCUT2D eigenvalue weighted by atomic mass is 10.1. The van der Waals surface area contributed by atoms with E-state index in [2.05, 4.69) is 58.2 Å². The highest BCUT2D eigenvalue weighted by Gasteiger charge is 2.06. The summed E-state index contributed by atoms with van der Waals surface area (Å²) in [5.74, 6) is 0.656. The minimum atomic E-state index is 0.656. The van der Waals surface area contributed by atoms with E-state index >= 15 is 0 Å². The van der Waals surface area contributed by atoms with Crippen molar-refractivity contribution < 1.29 is 0 Å². The Hall–Kier alpha value is -0.980. The number of allylic oxidation sites excluding steroid dienone is 4. The van der Waals surface area contributed by atoms with Crippen molar-refractivity contribution in [3.05, 3.63) is 36.2 Å². The third kappa shape index (κ3) is 5.46. The second-order valence-electron chi connectivity index (χ2n) is 4.25. The molecule has 0 unspecified atom stereocenters. The van der Waals surface area contributed by atoms with Crippen molar-refractivity contribution in [1.82, 2.24) is 4.90 Å². The first-order valence-corrected chi connectivity index (χ1v) is 5.77. The van der Waals surface area contributed by atoms with Gasteiger partial charge in [-0.3, -0.25) is 0 Å². The minimum absolute atomic E-state index is 0.656. The molecule has 0 rings (SSSR count). The molecule has 0 aromatic heterocycles.